The molecule has 1 fully saturated rings. The number of rotatable bonds is 4. The van der Waals surface area contributed by atoms with Gasteiger partial charge in [-0.3, -0.25) is 0 Å². The fraction of sp³-hybridized carbons (Fsp3) is 0.533. The summed E-state index contributed by atoms with van der Waals surface area (Å²) in [5, 5.41) is -0.0693. The van der Waals surface area contributed by atoms with Crippen molar-refractivity contribution in [1.82, 2.24) is 9.55 Å². The molecule has 1 unspecified atom stereocenters. The second-order valence-corrected chi connectivity index (χ2v) is 8.39. The van der Waals surface area contributed by atoms with Crippen molar-refractivity contribution in [2.75, 3.05) is 6.26 Å². The first-order valence-electron chi connectivity index (χ1n) is 6.89. The summed E-state index contributed by atoms with van der Waals surface area (Å²) in [7, 11) is 0. The number of benzene rings is 1. The first kappa shape index (κ1) is 14.7. The second-order valence-electron chi connectivity index (χ2n) is 5.55. The van der Waals surface area contributed by atoms with Crippen LogP contribution in [0.1, 0.15) is 37.4 Å². The van der Waals surface area contributed by atoms with Crippen LogP contribution >= 0.6 is 39.3 Å². The van der Waals surface area contributed by atoms with E-state index in [-0.39, 0.29) is 5.38 Å². The number of thioether (sulfide) groups is 1. The van der Waals surface area contributed by atoms with Crippen LogP contribution in [0, 0.1) is 0 Å². The molecule has 2 aromatic rings. The van der Waals surface area contributed by atoms with Crippen molar-refractivity contribution < 1.29 is 0 Å². The second kappa shape index (κ2) is 5.54. The van der Waals surface area contributed by atoms with Gasteiger partial charge in [0.15, 0.2) is 0 Å². The molecule has 2 nitrogen and oxygen atoms in total. The predicted octanol–water partition coefficient (Wildman–Crippen LogP) is 5.38. The first-order chi connectivity index (χ1) is 9.54. The molecule has 1 aliphatic rings. The van der Waals surface area contributed by atoms with Crippen molar-refractivity contribution in [2.24, 2.45) is 0 Å². The van der Waals surface area contributed by atoms with E-state index in [4.69, 9.17) is 16.6 Å². The molecule has 0 amide bonds. The monoisotopic (exact) mass is 372 g/mol. The molecule has 20 heavy (non-hydrogen) atoms. The zero-order valence-corrected chi connectivity index (χ0v) is 14.9. The van der Waals surface area contributed by atoms with E-state index in [1.54, 1.807) is 0 Å². The Morgan fingerprint density at radius 2 is 2.25 bits per heavy atom. The molecule has 1 atom stereocenters. The van der Waals surface area contributed by atoms with Crippen molar-refractivity contribution in [1.29, 1.82) is 0 Å². The van der Waals surface area contributed by atoms with Crippen molar-refractivity contribution >= 4 is 50.3 Å². The first-order valence-corrected chi connectivity index (χ1v) is 9.35. The number of hydrogen-bond acceptors (Lipinski definition) is 2. The summed E-state index contributed by atoms with van der Waals surface area (Å²) in [6.45, 7) is 3.01. The van der Waals surface area contributed by atoms with Crippen LogP contribution in [0.25, 0.3) is 11.0 Å². The lowest BCUT2D eigenvalue weighted by molar-refractivity contribution is 0.321. The van der Waals surface area contributed by atoms with Crippen LogP contribution in [0.2, 0.25) is 0 Å². The van der Waals surface area contributed by atoms with E-state index in [1.807, 2.05) is 18.7 Å². The van der Waals surface area contributed by atoms with E-state index in [2.05, 4.69) is 45.0 Å². The highest BCUT2D eigenvalue weighted by Crippen LogP contribution is 2.45. The van der Waals surface area contributed by atoms with Crippen LogP contribution < -0.4 is 0 Å². The summed E-state index contributed by atoms with van der Waals surface area (Å²) in [5.74, 6) is 0.986. The number of alkyl halides is 1. The number of nitrogens with zero attached hydrogens (tertiary/aromatic N) is 2. The van der Waals surface area contributed by atoms with Crippen molar-refractivity contribution in [2.45, 2.75) is 42.9 Å². The minimum Gasteiger partial charge on any atom is -0.325 e. The fourth-order valence-electron chi connectivity index (χ4n) is 2.88. The summed E-state index contributed by atoms with van der Waals surface area (Å²) < 4.78 is 3.77. The van der Waals surface area contributed by atoms with Gasteiger partial charge in [0, 0.05) is 15.8 Å². The number of imidazole rings is 1. The molecular weight excluding hydrogens is 356 g/mol. The molecule has 1 aliphatic carbocycles. The minimum absolute atomic E-state index is 0.0693. The lowest BCUT2D eigenvalue weighted by Crippen LogP contribution is -2.38. The molecule has 108 valence electrons. The summed E-state index contributed by atoms with van der Waals surface area (Å²) in [4.78, 5) is 4.74. The Morgan fingerprint density at radius 3 is 2.80 bits per heavy atom. The molecule has 0 N–H and O–H groups in total. The van der Waals surface area contributed by atoms with E-state index < -0.39 is 0 Å². The predicted molar refractivity (Wildman–Crippen MR) is 91.8 cm³/mol. The van der Waals surface area contributed by atoms with Gasteiger partial charge in [-0.25, -0.2) is 4.98 Å². The number of fused-ring (bicyclic) bond motifs is 1. The third-order valence-corrected chi connectivity index (χ3v) is 6.33. The number of halogens is 2. The van der Waals surface area contributed by atoms with E-state index in [9.17, 15) is 0 Å². The molecule has 5 heteroatoms. The third-order valence-electron chi connectivity index (χ3n) is 4.24. The molecule has 0 radical (unpaired) electrons. The average Bonchev–Trinajstić information content (AvgIpc) is 2.71. The molecule has 1 heterocycles. The maximum atomic E-state index is 6.35. The minimum atomic E-state index is -0.0693. The molecule has 0 aliphatic heterocycles. The quantitative estimate of drug-likeness (QED) is 0.669. The standard InChI is InChI=1S/C15H18BrClN2S/c1-10(17)14-18-12-8-11(16)4-5-13(12)19(14)9-15(20-2)6-3-7-15/h4-5,8,10H,3,6-7,9H2,1-2H3. The molecule has 0 bridgehead atoms. The highest BCUT2D eigenvalue weighted by atomic mass is 79.9. The van der Waals surface area contributed by atoms with Crippen LogP contribution in [-0.2, 0) is 6.54 Å². The van der Waals surface area contributed by atoms with Gasteiger partial charge >= 0.3 is 0 Å². The lowest BCUT2D eigenvalue weighted by atomic mass is 9.84. The van der Waals surface area contributed by atoms with Gasteiger partial charge in [-0.2, -0.15) is 11.8 Å². The molecular formula is C15H18BrClN2S. The van der Waals surface area contributed by atoms with Crippen molar-refractivity contribution in [3.8, 4) is 0 Å². The highest BCUT2D eigenvalue weighted by Gasteiger charge is 2.37. The number of aromatic nitrogens is 2. The molecule has 1 aromatic carbocycles. The zero-order chi connectivity index (χ0) is 14.3. The van der Waals surface area contributed by atoms with Crippen molar-refractivity contribution in [3.63, 3.8) is 0 Å². The average molecular weight is 374 g/mol. The molecule has 0 spiro atoms. The zero-order valence-electron chi connectivity index (χ0n) is 11.7. The highest BCUT2D eigenvalue weighted by molar-refractivity contribution is 9.10. The van der Waals surface area contributed by atoms with E-state index in [0.717, 1.165) is 22.4 Å². The number of hydrogen-bond donors (Lipinski definition) is 0. The maximum Gasteiger partial charge on any atom is 0.127 e. The van der Waals surface area contributed by atoms with E-state index in [0.29, 0.717) is 4.75 Å². The lowest BCUT2D eigenvalue weighted by Gasteiger charge is -2.41. The Hall–Kier alpha value is -0.190. The van der Waals surface area contributed by atoms with E-state index in [1.165, 1.54) is 24.8 Å². The largest absolute Gasteiger partial charge is 0.325 e. The maximum absolute atomic E-state index is 6.35. The third kappa shape index (κ3) is 2.51. The molecule has 3 rings (SSSR count). The summed E-state index contributed by atoms with van der Waals surface area (Å²) >= 11 is 11.9. The van der Waals surface area contributed by atoms with Gasteiger partial charge in [0.1, 0.15) is 5.82 Å². The Bertz CT molecular complexity index is 629. The van der Waals surface area contributed by atoms with Gasteiger partial charge in [0.05, 0.1) is 16.4 Å². The van der Waals surface area contributed by atoms with Crippen LogP contribution in [-0.4, -0.2) is 20.6 Å². The van der Waals surface area contributed by atoms with E-state index >= 15 is 0 Å². The van der Waals surface area contributed by atoms with Crippen molar-refractivity contribution in [3.05, 3.63) is 28.5 Å². The van der Waals surface area contributed by atoms with Crippen LogP contribution in [0.3, 0.4) is 0 Å². The molecule has 0 saturated heterocycles. The normalized spacial score (nSPS) is 19.0. The van der Waals surface area contributed by atoms with Crippen LogP contribution in [0.5, 0.6) is 0 Å². The summed E-state index contributed by atoms with van der Waals surface area (Å²) in [6, 6.07) is 6.29. The Labute approximate surface area is 137 Å². The topological polar surface area (TPSA) is 17.8 Å². The van der Waals surface area contributed by atoms with Crippen LogP contribution in [0.4, 0.5) is 0 Å². The van der Waals surface area contributed by atoms with Crippen LogP contribution in [0.15, 0.2) is 22.7 Å². The molecule has 1 aromatic heterocycles. The van der Waals surface area contributed by atoms with Gasteiger partial charge in [-0.1, -0.05) is 22.4 Å². The van der Waals surface area contributed by atoms with Gasteiger partial charge in [0.2, 0.25) is 0 Å². The smallest absolute Gasteiger partial charge is 0.127 e. The summed E-state index contributed by atoms with van der Waals surface area (Å²) in [5.41, 5.74) is 2.22. The SMILES string of the molecule is CSC1(Cn2c(C(C)Cl)nc3cc(Br)ccc32)CCC1. The Morgan fingerprint density at radius 1 is 1.50 bits per heavy atom. The Kier molecular flexibility index (Phi) is 4.08. The van der Waals surface area contributed by atoms with Gasteiger partial charge < -0.3 is 4.57 Å². The van der Waals surface area contributed by atoms with Gasteiger partial charge in [-0.15, -0.1) is 11.6 Å². The fourth-order valence-corrected chi connectivity index (χ4v) is 4.35. The Balaban J connectivity index is 2.09. The summed E-state index contributed by atoms with van der Waals surface area (Å²) in [6.07, 6.45) is 6.14. The molecule has 1 saturated carbocycles. The van der Waals surface area contributed by atoms with Gasteiger partial charge in [-0.05, 0) is 44.2 Å². The van der Waals surface area contributed by atoms with Gasteiger partial charge in [0.25, 0.3) is 0 Å².